The fraction of sp³-hybridized carbons (Fsp3) is 0.263. The molecule has 0 aliphatic carbocycles. The van der Waals surface area contributed by atoms with Crippen molar-refractivity contribution in [3.05, 3.63) is 65.6 Å². The summed E-state index contributed by atoms with van der Waals surface area (Å²) in [5.41, 5.74) is 0.696. The van der Waals surface area contributed by atoms with Crippen molar-refractivity contribution in [1.29, 1.82) is 0 Å². The molecule has 1 aromatic heterocycles. The maximum absolute atomic E-state index is 12.6. The third-order valence-corrected chi connectivity index (χ3v) is 5.71. The van der Waals surface area contributed by atoms with Gasteiger partial charge >= 0.3 is 0 Å². The summed E-state index contributed by atoms with van der Waals surface area (Å²) < 4.78 is 33.2. The SMILES string of the molecule is Cc1cc(C(O)CCNS(=O)(=O)c2cccc3ccccc23)c(C)o1. The lowest BCUT2D eigenvalue weighted by molar-refractivity contribution is 0.167. The molecular formula is C19H21NO4S. The Morgan fingerprint density at radius 1 is 1.12 bits per heavy atom. The number of benzene rings is 2. The van der Waals surface area contributed by atoms with Crippen LogP contribution in [0, 0.1) is 13.8 Å². The van der Waals surface area contributed by atoms with E-state index in [1.165, 1.54) is 0 Å². The summed E-state index contributed by atoms with van der Waals surface area (Å²) in [4.78, 5) is 0.246. The van der Waals surface area contributed by atoms with E-state index in [-0.39, 0.29) is 17.9 Å². The molecule has 6 heteroatoms. The predicted octanol–water partition coefficient (Wildman–Crippen LogP) is 3.45. The summed E-state index contributed by atoms with van der Waals surface area (Å²) in [6.07, 6.45) is -0.503. The molecule has 3 aromatic rings. The molecule has 1 unspecified atom stereocenters. The summed E-state index contributed by atoms with van der Waals surface area (Å²) in [6, 6.07) is 14.3. The Morgan fingerprint density at radius 2 is 1.84 bits per heavy atom. The van der Waals surface area contributed by atoms with Crippen molar-refractivity contribution in [3.63, 3.8) is 0 Å². The summed E-state index contributed by atoms with van der Waals surface area (Å²) >= 11 is 0. The van der Waals surface area contributed by atoms with Gasteiger partial charge in [0.15, 0.2) is 0 Å². The third-order valence-electron chi connectivity index (χ3n) is 4.19. The molecular weight excluding hydrogens is 338 g/mol. The molecule has 25 heavy (non-hydrogen) atoms. The molecule has 3 rings (SSSR count). The molecule has 0 amide bonds. The molecule has 0 spiro atoms. The normalized spacial score (nSPS) is 13.2. The van der Waals surface area contributed by atoms with Crippen molar-refractivity contribution in [3.8, 4) is 0 Å². The largest absolute Gasteiger partial charge is 0.466 e. The average molecular weight is 359 g/mol. The second-order valence-electron chi connectivity index (χ2n) is 6.05. The molecule has 0 aliphatic rings. The minimum Gasteiger partial charge on any atom is -0.466 e. The fourth-order valence-corrected chi connectivity index (χ4v) is 4.25. The molecule has 0 bridgehead atoms. The molecule has 0 fully saturated rings. The molecule has 0 saturated heterocycles. The van der Waals surface area contributed by atoms with Crippen LogP contribution >= 0.6 is 0 Å². The molecule has 1 atom stereocenters. The smallest absolute Gasteiger partial charge is 0.241 e. The third kappa shape index (κ3) is 3.76. The van der Waals surface area contributed by atoms with Gasteiger partial charge in [0.05, 0.1) is 11.0 Å². The topological polar surface area (TPSA) is 79.5 Å². The van der Waals surface area contributed by atoms with Crippen LogP contribution < -0.4 is 4.72 Å². The first-order chi connectivity index (χ1) is 11.9. The second-order valence-corrected chi connectivity index (χ2v) is 7.78. The quantitative estimate of drug-likeness (QED) is 0.706. The number of nitrogens with one attached hydrogen (secondary N) is 1. The molecule has 0 saturated carbocycles. The van der Waals surface area contributed by atoms with Crippen LogP contribution in [-0.4, -0.2) is 20.1 Å². The highest BCUT2D eigenvalue weighted by atomic mass is 32.2. The van der Waals surface area contributed by atoms with Gasteiger partial charge in [0.2, 0.25) is 10.0 Å². The molecule has 0 aliphatic heterocycles. The summed E-state index contributed by atoms with van der Waals surface area (Å²) in [5, 5.41) is 11.8. The first-order valence-electron chi connectivity index (χ1n) is 8.11. The molecule has 0 radical (unpaired) electrons. The van der Waals surface area contributed by atoms with E-state index >= 15 is 0 Å². The van der Waals surface area contributed by atoms with Crippen LogP contribution in [0.25, 0.3) is 10.8 Å². The lowest BCUT2D eigenvalue weighted by Gasteiger charge is -2.12. The van der Waals surface area contributed by atoms with E-state index in [1.807, 2.05) is 31.2 Å². The number of hydrogen-bond acceptors (Lipinski definition) is 4. The van der Waals surface area contributed by atoms with Crippen LogP contribution in [0.3, 0.4) is 0 Å². The summed E-state index contributed by atoms with van der Waals surface area (Å²) in [7, 11) is -3.65. The molecule has 5 nitrogen and oxygen atoms in total. The first kappa shape index (κ1) is 17.7. The Labute approximate surface area is 147 Å². The Hall–Kier alpha value is -2.15. The van der Waals surface area contributed by atoms with Crippen LogP contribution in [0.2, 0.25) is 0 Å². The van der Waals surface area contributed by atoms with Crippen molar-refractivity contribution >= 4 is 20.8 Å². The highest BCUT2D eigenvalue weighted by Crippen LogP contribution is 2.25. The van der Waals surface area contributed by atoms with Crippen molar-refractivity contribution in [2.45, 2.75) is 31.3 Å². The monoisotopic (exact) mass is 359 g/mol. The van der Waals surface area contributed by atoms with Gasteiger partial charge in [0, 0.05) is 17.5 Å². The van der Waals surface area contributed by atoms with Gasteiger partial charge in [-0.2, -0.15) is 0 Å². The summed E-state index contributed by atoms with van der Waals surface area (Å²) in [5.74, 6) is 1.38. The Morgan fingerprint density at radius 3 is 2.56 bits per heavy atom. The zero-order chi connectivity index (χ0) is 18.0. The number of fused-ring (bicyclic) bond motifs is 1. The van der Waals surface area contributed by atoms with E-state index in [9.17, 15) is 13.5 Å². The molecule has 2 aromatic carbocycles. The Bertz CT molecular complexity index is 986. The first-order valence-corrected chi connectivity index (χ1v) is 9.59. The summed E-state index contributed by atoms with van der Waals surface area (Å²) in [6.45, 7) is 3.73. The van der Waals surface area contributed by atoms with E-state index in [0.29, 0.717) is 16.7 Å². The van der Waals surface area contributed by atoms with E-state index in [0.717, 1.165) is 11.1 Å². The average Bonchev–Trinajstić information content (AvgIpc) is 2.92. The van der Waals surface area contributed by atoms with Gasteiger partial charge < -0.3 is 9.52 Å². The maximum Gasteiger partial charge on any atom is 0.241 e. The highest BCUT2D eigenvalue weighted by molar-refractivity contribution is 7.89. The van der Waals surface area contributed by atoms with Crippen LogP contribution in [-0.2, 0) is 10.0 Å². The molecule has 1 heterocycles. The van der Waals surface area contributed by atoms with E-state index in [4.69, 9.17) is 4.42 Å². The van der Waals surface area contributed by atoms with Crippen molar-refractivity contribution < 1.29 is 17.9 Å². The predicted molar refractivity (Wildman–Crippen MR) is 96.9 cm³/mol. The van der Waals surface area contributed by atoms with Crippen LogP contribution in [0.15, 0.2) is 57.8 Å². The maximum atomic E-state index is 12.6. The van der Waals surface area contributed by atoms with Gasteiger partial charge in [-0.05, 0) is 37.8 Å². The number of sulfonamides is 1. The van der Waals surface area contributed by atoms with Gasteiger partial charge in [0.25, 0.3) is 0 Å². The van der Waals surface area contributed by atoms with Crippen LogP contribution in [0.5, 0.6) is 0 Å². The van der Waals surface area contributed by atoms with Crippen LogP contribution in [0.4, 0.5) is 0 Å². The number of furan rings is 1. The van der Waals surface area contributed by atoms with E-state index in [2.05, 4.69) is 4.72 Å². The number of aliphatic hydroxyl groups excluding tert-OH is 1. The number of aryl methyl sites for hydroxylation is 2. The minimum absolute atomic E-state index is 0.135. The second kappa shape index (κ2) is 7.00. The Kier molecular flexibility index (Phi) is 4.94. The van der Waals surface area contributed by atoms with Crippen molar-refractivity contribution in [1.82, 2.24) is 4.72 Å². The standard InChI is InChI=1S/C19H21NO4S/c1-13-12-17(14(2)24-13)18(21)10-11-20-25(22,23)19-9-5-7-15-6-3-4-8-16(15)19/h3-9,12,18,20-21H,10-11H2,1-2H3. The number of rotatable bonds is 6. The van der Waals surface area contributed by atoms with Gasteiger partial charge in [-0.3, -0.25) is 0 Å². The minimum atomic E-state index is -3.65. The Balaban J connectivity index is 1.73. The lowest BCUT2D eigenvalue weighted by Crippen LogP contribution is -2.26. The van der Waals surface area contributed by atoms with Gasteiger partial charge in [0.1, 0.15) is 11.5 Å². The van der Waals surface area contributed by atoms with E-state index < -0.39 is 16.1 Å². The molecule has 132 valence electrons. The molecule has 2 N–H and O–H groups in total. The van der Waals surface area contributed by atoms with Crippen LogP contribution in [0.1, 0.15) is 29.6 Å². The van der Waals surface area contributed by atoms with Gasteiger partial charge in [-0.25, -0.2) is 13.1 Å². The van der Waals surface area contributed by atoms with Crippen molar-refractivity contribution in [2.24, 2.45) is 0 Å². The number of aliphatic hydroxyl groups is 1. The zero-order valence-corrected chi connectivity index (χ0v) is 15.0. The highest BCUT2D eigenvalue weighted by Gasteiger charge is 2.19. The lowest BCUT2D eigenvalue weighted by atomic mass is 10.1. The fourth-order valence-electron chi connectivity index (χ4n) is 2.97. The van der Waals surface area contributed by atoms with Crippen molar-refractivity contribution in [2.75, 3.05) is 6.54 Å². The van der Waals surface area contributed by atoms with E-state index in [1.54, 1.807) is 31.2 Å². The van der Waals surface area contributed by atoms with Gasteiger partial charge in [-0.1, -0.05) is 36.4 Å². The number of hydrogen-bond donors (Lipinski definition) is 2. The zero-order valence-electron chi connectivity index (χ0n) is 14.2. The van der Waals surface area contributed by atoms with Gasteiger partial charge in [-0.15, -0.1) is 0 Å².